The first-order chi connectivity index (χ1) is 10.2. The van der Waals surface area contributed by atoms with Gasteiger partial charge in [0.25, 0.3) is 0 Å². The molecule has 0 aliphatic carbocycles. The van der Waals surface area contributed by atoms with Gasteiger partial charge >= 0.3 is 0 Å². The molecule has 2 saturated heterocycles. The molecule has 2 heterocycles. The molecule has 0 aromatic carbocycles. The Kier molecular flexibility index (Phi) is 9.01. The van der Waals surface area contributed by atoms with Crippen LogP contribution in [0.2, 0.25) is 0 Å². The first kappa shape index (κ1) is 20.0. The highest BCUT2D eigenvalue weighted by molar-refractivity contribution is 14.0. The lowest BCUT2D eigenvalue weighted by Gasteiger charge is -2.25. The van der Waals surface area contributed by atoms with Crippen LogP contribution in [0.1, 0.15) is 33.1 Å². The molecule has 2 aliphatic heterocycles. The maximum absolute atomic E-state index is 5.60. The SMILES string of the molecule is CN=C(NCCCOCC(C)C)N1CCC2(CCOC2)C1.I. The number of ether oxygens (including phenoxy) is 2. The second-order valence-corrected chi connectivity index (χ2v) is 6.77. The summed E-state index contributed by atoms with van der Waals surface area (Å²) in [5.41, 5.74) is 0.387. The topological polar surface area (TPSA) is 46.1 Å². The van der Waals surface area contributed by atoms with E-state index in [0.29, 0.717) is 11.3 Å². The van der Waals surface area contributed by atoms with Gasteiger partial charge < -0.3 is 19.7 Å². The maximum atomic E-state index is 5.60. The quantitative estimate of drug-likeness (QED) is 0.307. The fraction of sp³-hybridized carbons (Fsp3) is 0.938. The van der Waals surface area contributed by atoms with Crippen LogP contribution in [0, 0.1) is 11.3 Å². The summed E-state index contributed by atoms with van der Waals surface area (Å²) in [6.07, 6.45) is 3.45. The van der Waals surface area contributed by atoms with Gasteiger partial charge in [-0.3, -0.25) is 4.99 Å². The van der Waals surface area contributed by atoms with Crippen molar-refractivity contribution in [2.45, 2.75) is 33.1 Å². The molecule has 1 N–H and O–H groups in total. The summed E-state index contributed by atoms with van der Waals surface area (Å²) in [4.78, 5) is 6.80. The van der Waals surface area contributed by atoms with Gasteiger partial charge in [0, 0.05) is 51.9 Å². The van der Waals surface area contributed by atoms with Crippen molar-refractivity contribution >= 4 is 29.9 Å². The molecule has 2 fully saturated rings. The number of hydrogen-bond acceptors (Lipinski definition) is 3. The lowest BCUT2D eigenvalue weighted by Crippen LogP contribution is -2.42. The van der Waals surface area contributed by atoms with Crippen LogP contribution in [0.3, 0.4) is 0 Å². The van der Waals surface area contributed by atoms with Gasteiger partial charge in [-0.1, -0.05) is 13.8 Å². The van der Waals surface area contributed by atoms with E-state index in [0.717, 1.165) is 58.4 Å². The molecule has 1 spiro atoms. The lowest BCUT2D eigenvalue weighted by molar-refractivity contribution is 0.108. The van der Waals surface area contributed by atoms with Crippen LogP contribution in [0.4, 0.5) is 0 Å². The molecule has 6 heteroatoms. The molecule has 1 atom stereocenters. The highest BCUT2D eigenvalue weighted by Crippen LogP contribution is 2.38. The Labute approximate surface area is 152 Å². The molecule has 2 rings (SSSR count). The smallest absolute Gasteiger partial charge is 0.193 e. The molecule has 0 amide bonds. The summed E-state index contributed by atoms with van der Waals surface area (Å²) in [6.45, 7) is 11.0. The molecule has 0 aromatic rings. The van der Waals surface area contributed by atoms with Crippen molar-refractivity contribution in [3.05, 3.63) is 0 Å². The molecule has 0 saturated carbocycles. The average molecular weight is 425 g/mol. The standard InChI is InChI=1S/C16H31N3O2.HI/c1-14(2)11-20-9-4-7-18-15(17-3)19-8-5-16(12-19)6-10-21-13-16;/h14H,4-13H2,1-3H3,(H,17,18);1H. The molecule has 2 aliphatic rings. The summed E-state index contributed by atoms with van der Waals surface area (Å²) >= 11 is 0. The van der Waals surface area contributed by atoms with Gasteiger partial charge in [0.15, 0.2) is 5.96 Å². The van der Waals surface area contributed by atoms with Crippen molar-refractivity contribution < 1.29 is 9.47 Å². The van der Waals surface area contributed by atoms with Crippen LogP contribution in [-0.4, -0.2) is 64.0 Å². The predicted octanol–water partition coefficient (Wildman–Crippen LogP) is 2.35. The van der Waals surface area contributed by atoms with Gasteiger partial charge in [-0.15, -0.1) is 24.0 Å². The molecular weight excluding hydrogens is 393 g/mol. The summed E-state index contributed by atoms with van der Waals surface area (Å²) in [7, 11) is 1.87. The van der Waals surface area contributed by atoms with E-state index in [1.54, 1.807) is 0 Å². The number of rotatable bonds is 6. The number of likely N-dealkylation sites (tertiary alicyclic amines) is 1. The predicted molar refractivity (Wildman–Crippen MR) is 101 cm³/mol. The monoisotopic (exact) mass is 425 g/mol. The Morgan fingerprint density at radius 3 is 2.86 bits per heavy atom. The van der Waals surface area contributed by atoms with E-state index in [1.807, 2.05) is 7.05 Å². The number of nitrogens with zero attached hydrogens (tertiary/aromatic N) is 2. The first-order valence-electron chi connectivity index (χ1n) is 8.26. The molecule has 1 unspecified atom stereocenters. The van der Waals surface area contributed by atoms with Gasteiger partial charge in [0.2, 0.25) is 0 Å². The van der Waals surface area contributed by atoms with Crippen molar-refractivity contribution in [1.82, 2.24) is 10.2 Å². The van der Waals surface area contributed by atoms with Crippen LogP contribution in [-0.2, 0) is 9.47 Å². The third kappa shape index (κ3) is 5.85. The van der Waals surface area contributed by atoms with Crippen LogP contribution >= 0.6 is 24.0 Å². The third-order valence-corrected chi connectivity index (χ3v) is 4.33. The molecule has 0 aromatic heterocycles. The average Bonchev–Trinajstić information content (AvgIpc) is 3.09. The zero-order valence-electron chi connectivity index (χ0n) is 14.3. The molecule has 130 valence electrons. The van der Waals surface area contributed by atoms with Crippen molar-refractivity contribution in [2.75, 3.05) is 53.1 Å². The van der Waals surface area contributed by atoms with E-state index < -0.39 is 0 Å². The lowest BCUT2D eigenvalue weighted by atomic mass is 9.87. The van der Waals surface area contributed by atoms with Crippen LogP contribution in [0.15, 0.2) is 4.99 Å². The summed E-state index contributed by atoms with van der Waals surface area (Å²) in [5, 5.41) is 3.46. The van der Waals surface area contributed by atoms with E-state index in [2.05, 4.69) is 29.1 Å². The zero-order chi connectivity index (χ0) is 15.1. The van der Waals surface area contributed by atoms with Gasteiger partial charge in [-0.25, -0.2) is 0 Å². The number of nitrogens with one attached hydrogen (secondary N) is 1. The number of hydrogen-bond donors (Lipinski definition) is 1. The Bertz CT molecular complexity index is 344. The van der Waals surface area contributed by atoms with Gasteiger partial charge in [-0.05, 0) is 25.2 Å². The fourth-order valence-electron chi connectivity index (χ4n) is 3.11. The van der Waals surface area contributed by atoms with Crippen LogP contribution < -0.4 is 5.32 Å². The minimum absolute atomic E-state index is 0. The van der Waals surface area contributed by atoms with Crippen LogP contribution in [0.25, 0.3) is 0 Å². The van der Waals surface area contributed by atoms with Crippen molar-refractivity contribution in [1.29, 1.82) is 0 Å². The Morgan fingerprint density at radius 2 is 2.23 bits per heavy atom. The zero-order valence-corrected chi connectivity index (χ0v) is 16.6. The highest BCUT2D eigenvalue weighted by atomic mass is 127. The maximum Gasteiger partial charge on any atom is 0.193 e. The summed E-state index contributed by atoms with van der Waals surface area (Å²) in [6, 6.07) is 0. The third-order valence-electron chi connectivity index (χ3n) is 4.33. The second kappa shape index (κ2) is 9.93. The largest absolute Gasteiger partial charge is 0.381 e. The van der Waals surface area contributed by atoms with Gasteiger partial charge in [0.1, 0.15) is 0 Å². The molecule has 0 bridgehead atoms. The minimum Gasteiger partial charge on any atom is -0.381 e. The van der Waals surface area contributed by atoms with Gasteiger partial charge in [0.05, 0.1) is 6.61 Å². The first-order valence-corrected chi connectivity index (χ1v) is 8.26. The Morgan fingerprint density at radius 1 is 1.41 bits per heavy atom. The van der Waals surface area contributed by atoms with Crippen molar-refractivity contribution in [2.24, 2.45) is 16.3 Å². The number of aliphatic imine (C=N–C) groups is 1. The number of halogens is 1. The highest BCUT2D eigenvalue weighted by Gasteiger charge is 2.42. The van der Waals surface area contributed by atoms with E-state index in [4.69, 9.17) is 9.47 Å². The normalized spacial score (nSPS) is 25.1. The van der Waals surface area contributed by atoms with Crippen molar-refractivity contribution in [3.8, 4) is 0 Å². The minimum atomic E-state index is 0. The van der Waals surface area contributed by atoms with E-state index in [9.17, 15) is 0 Å². The summed E-state index contributed by atoms with van der Waals surface area (Å²) < 4.78 is 11.2. The van der Waals surface area contributed by atoms with E-state index in [-0.39, 0.29) is 24.0 Å². The fourth-order valence-corrected chi connectivity index (χ4v) is 3.11. The van der Waals surface area contributed by atoms with E-state index >= 15 is 0 Å². The van der Waals surface area contributed by atoms with Crippen molar-refractivity contribution in [3.63, 3.8) is 0 Å². The molecular formula is C16H32IN3O2. The number of guanidine groups is 1. The van der Waals surface area contributed by atoms with Gasteiger partial charge in [-0.2, -0.15) is 0 Å². The van der Waals surface area contributed by atoms with E-state index in [1.165, 1.54) is 12.8 Å². The van der Waals surface area contributed by atoms with Crippen LogP contribution in [0.5, 0.6) is 0 Å². The Balaban J connectivity index is 0.00000242. The molecule has 0 radical (unpaired) electrons. The Hall–Kier alpha value is -0.0800. The molecule has 22 heavy (non-hydrogen) atoms. The second-order valence-electron chi connectivity index (χ2n) is 6.77. The molecule has 5 nitrogen and oxygen atoms in total. The summed E-state index contributed by atoms with van der Waals surface area (Å²) in [5.74, 6) is 1.64.